The fourth-order valence-electron chi connectivity index (χ4n) is 5.26. The second-order valence-electron chi connectivity index (χ2n) is 8.41. The first-order valence-electron chi connectivity index (χ1n) is 10.2. The summed E-state index contributed by atoms with van der Waals surface area (Å²) in [6.45, 7) is 1.87. The number of para-hydroxylation sites is 1. The van der Waals surface area contributed by atoms with E-state index in [1.54, 1.807) is 36.4 Å². The molecule has 0 radical (unpaired) electrons. The van der Waals surface area contributed by atoms with E-state index in [1.807, 2.05) is 13.0 Å². The van der Waals surface area contributed by atoms with E-state index in [4.69, 9.17) is 16.3 Å². The molecule has 0 unspecified atom stereocenters. The fourth-order valence-corrected chi connectivity index (χ4v) is 6.47. The van der Waals surface area contributed by atoms with Gasteiger partial charge in [0.15, 0.2) is 0 Å². The molecule has 2 aliphatic carbocycles. The van der Waals surface area contributed by atoms with Crippen LogP contribution in [0.15, 0.2) is 42.5 Å². The summed E-state index contributed by atoms with van der Waals surface area (Å²) in [6, 6.07) is 12.1. The van der Waals surface area contributed by atoms with E-state index in [2.05, 4.69) is 26.6 Å². The number of benzene rings is 2. The Morgan fingerprint density at radius 2 is 1.87 bits per heavy atom. The molecule has 0 aromatic heterocycles. The Kier molecular flexibility index (Phi) is 5.06. The van der Waals surface area contributed by atoms with Crippen molar-refractivity contribution >= 4 is 56.7 Å². The molecule has 2 aromatic carbocycles. The number of carbonyl (C=O) groups is 3. The molecule has 1 saturated heterocycles. The normalized spacial score (nSPS) is 30.2. The number of alkyl halides is 1. The van der Waals surface area contributed by atoms with Gasteiger partial charge in [-0.05, 0) is 49.1 Å². The third kappa shape index (κ3) is 3.34. The highest BCUT2D eigenvalue weighted by molar-refractivity contribution is 9.09. The number of nitrogens with one attached hydrogen (secondary N) is 2. The average Bonchev–Trinajstić information content (AvgIpc) is 3.35. The number of fused-ring (bicyclic) bond motifs is 1. The first kappa shape index (κ1) is 20.5. The van der Waals surface area contributed by atoms with Crippen molar-refractivity contribution in [3.8, 4) is 0 Å². The molecule has 6 nitrogen and oxygen atoms in total. The van der Waals surface area contributed by atoms with Crippen LogP contribution in [0.5, 0.6) is 0 Å². The molecule has 1 aliphatic heterocycles. The summed E-state index contributed by atoms with van der Waals surface area (Å²) in [5, 5.41) is 6.28. The maximum Gasteiger partial charge on any atom is 0.310 e. The smallest absolute Gasteiger partial charge is 0.310 e. The van der Waals surface area contributed by atoms with E-state index in [1.165, 1.54) is 0 Å². The number of carbonyl (C=O) groups excluding carboxylic acids is 3. The zero-order valence-corrected chi connectivity index (χ0v) is 18.9. The Hall–Kier alpha value is -2.38. The van der Waals surface area contributed by atoms with Crippen LogP contribution in [0.3, 0.4) is 0 Å². The number of aryl methyl sites for hydroxylation is 1. The predicted molar refractivity (Wildman–Crippen MR) is 120 cm³/mol. The molecule has 5 rings (SSSR count). The summed E-state index contributed by atoms with van der Waals surface area (Å²) in [5.74, 6) is -1.64. The van der Waals surface area contributed by atoms with Crippen LogP contribution in [0.2, 0.25) is 5.02 Å². The maximum atomic E-state index is 13.2. The highest BCUT2D eigenvalue weighted by Crippen LogP contribution is 2.60. The van der Waals surface area contributed by atoms with Crippen LogP contribution >= 0.6 is 27.5 Å². The van der Waals surface area contributed by atoms with E-state index in [0.29, 0.717) is 22.0 Å². The van der Waals surface area contributed by atoms with Gasteiger partial charge in [-0.3, -0.25) is 14.4 Å². The molecule has 2 saturated carbocycles. The van der Waals surface area contributed by atoms with Gasteiger partial charge in [0.1, 0.15) is 6.10 Å². The molecule has 8 heteroatoms. The number of amides is 2. The van der Waals surface area contributed by atoms with Gasteiger partial charge in [-0.15, -0.1) is 0 Å². The predicted octanol–water partition coefficient (Wildman–Crippen LogP) is 4.41. The van der Waals surface area contributed by atoms with Gasteiger partial charge in [0.05, 0.1) is 27.9 Å². The Morgan fingerprint density at radius 1 is 1.10 bits per heavy atom. The lowest BCUT2D eigenvalue weighted by molar-refractivity contribution is -0.145. The summed E-state index contributed by atoms with van der Waals surface area (Å²) in [5.41, 5.74) is 2.22. The molecular weight excluding hydrogens is 484 g/mol. The highest BCUT2D eigenvalue weighted by atomic mass is 79.9. The standard InChI is InChI=1S/C23H20BrClN2O4/c1-10-6-7-11(25)8-16(10)27-21(28)12-4-2-3-5-15(12)26-22(29)17-13-9-14-18(17)23(30)31-20(14)19(13)24/h2-8,13-14,17-20H,9H2,1H3,(H,26,29)(H,27,28)/t13-,14-,17-,18+,19+,20+/m1/s1. The van der Waals surface area contributed by atoms with Crippen molar-refractivity contribution in [2.75, 3.05) is 10.6 Å². The quantitative estimate of drug-likeness (QED) is 0.478. The molecule has 0 spiro atoms. The molecule has 3 aliphatic rings. The van der Waals surface area contributed by atoms with Crippen molar-refractivity contribution in [2.24, 2.45) is 23.7 Å². The average molecular weight is 504 g/mol. The topological polar surface area (TPSA) is 84.5 Å². The minimum Gasteiger partial charge on any atom is -0.461 e. The number of anilines is 2. The van der Waals surface area contributed by atoms with Gasteiger partial charge in [0.25, 0.3) is 5.91 Å². The van der Waals surface area contributed by atoms with Gasteiger partial charge in [-0.1, -0.05) is 45.7 Å². The van der Waals surface area contributed by atoms with Crippen molar-refractivity contribution in [1.29, 1.82) is 0 Å². The van der Waals surface area contributed by atoms with Crippen LogP contribution < -0.4 is 10.6 Å². The first-order valence-corrected chi connectivity index (χ1v) is 11.5. The van der Waals surface area contributed by atoms with Gasteiger partial charge in [-0.2, -0.15) is 0 Å². The van der Waals surface area contributed by atoms with Crippen LogP contribution in [0.25, 0.3) is 0 Å². The lowest BCUT2D eigenvalue weighted by Gasteiger charge is -2.27. The van der Waals surface area contributed by atoms with Crippen molar-refractivity contribution in [1.82, 2.24) is 0 Å². The molecule has 2 N–H and O–H groups in total. The van der Waals surface area contributed by atoms with E-state index < -0.39 is 11.8 Å². The second-order valence-corrected chi connectivity index (χ2v) is 9.90. The number of hydrogen-bond acceptors (Lipinski definition) is 4. The van der Waals surface area contributed by atoms with Crippen molar-refractivity contribution in [3.63, 3.8) is 0 Å². The Labute approximate surface area is 192 Å². The Bertz CT molecular complexity index is 1110. The Balaban J connectivity index is 1.38. The van der Waals surface area contributed by atoms with Gasteiger partial charge < -0.3 is 15.4 Å². The first-order chi connectivity index (χ1) is 14.8. The minimum absolute atomic E-state index is 0.0136. The number of ether oxygens (including phenoxy) is 1. The van der Waals surface area contributed by atoms with Crippen molar-refractivity contribution < 1.29 is 19.1 Å². The molecule has 6 atom stereocenters. The minimum atomic E-state index is -0.466. The van der Waals surface area contributed by atoms with Crippen LogP contribution in [0.1, 0.15) is 22.3 Å². The van der Waals surface area contributed by atoms with Crippen LogP contribution in [0, 0.1) is 30.6 Å². The summed E-state index contributed by atoms with van der Waals surface area (Å²) in [7, 11) is 0. The van der Waals surface area contributed by atoms with E-state index in [9.17, 15) is 14.4 Å². The van der Waals surface area contributed by atoms with Gasteiger partial charge in [0.2, 0.25) is 5.91 Å². The zero-order chi connectivity index (χ0) is 21.9. The fraction of sp³-hybridized carbons (Fsp3) is 0.348. The second kappa shape index (κ2) is 7.64. The molecular formula is C23H20BrClN2O4. The van der Waals surface area contributed by atoms with Crippen molar-refractivity contribution in [2.45, 2.75) is 24.3 Å². The lowest BCUT2D eigenvalue weighted by atomic mass is 9.79. The monoisotopic (exact) mass is 502 g/mol. The van der Waals surface area contributed by atoms with Crippen LogP contribution in [-0.2, 0) is 14.3 Å². The maximum absolute atomic E-state index is 13.2. The third-order valence-corrected chi connectivity index (χ3v) is 8.14. The molecule has 160 valence electrons. The lowest BCUT2D eigenvalue weighted by Crippen LogP contribution is -2.40. The third-order valence-electron chi connectivity index (χ3n) is 6.70. The molecule has 1 heterocycles. The summed E-state index contributed by atoms with van der Waals surface area (Å²) >= 11 is 9.68. The van der Waals surface area contributed by atoms with Crippen LogP contribution in [-0.4, -0.2) is 28.7 Å². The molecule has 2 bridgehead atoms. The zero-order valence-electron chi connectivity index (χ0n) is 16.6. The molecule has 2 amide bonds. The van der Waals surface area contributed by atoms with Gasteiger partial charge in [0, 0.05) is 16.6 Å². The number of hydrogen-bond donors (Lipinski definition) is 2. The largest absolute Gasteiger partial charge is 0.461 e. The van der Waals surface area contributed by atoms with E-state index in [-0.39, 0.29) is 40.6 Å². The SMILES string of the molecule is Cc1ccc(Cl)cc1NC(=O)c1ccccc1NC(=O)[C@@H]1[C@H]2C[C@H]3[C@H](OC(=O)[C@@H]31)[C@H]2Br. The number of esters is 1. The van der Waals surface area contributed by atoms with Gasteiger partial charge in [-0.25, -0.2) is 0 Å². The van der Waals surface area contributed by atoms with Crippen LogP contribution in [0.4, 0.5) is 11.4 Å². The van der Waals surface area contributed by atoms with Crippen molar-refractivity contribution in [3.05, 3.63) is 58.6 Å². The molecule has 3 fully saturated rings. The number of halogens is 2. The summed E-state index contributed by atoms with van der Waals surface area (Å²) < 4.78 is 5.49. The molecule has 31 heavy (non-hydrogen) atoms. The highest BCUT2D eigenvalue weighted by Gasteiger charge is 2.67. The molecule has 2 aromatic rings. The summed E-state index contributed by atoms with van der Waals surface area (Å²) in [4.78, 5) is 38.5. The van der Waals surface area contributed by atoms with E-state index >= 15 is 0 Å². The van der Waals surface area contributed by atoms with Gasteiger partial charge >= 0.3 is 5.97 Å². The Morgan fingerprint density at radius 3 is 2.68 bits per heavy atom. The number of rotatable bonds is 4. The summed E-state index contributed by atoms with van der Waals surface area (Å²) in [6.07, 6.45) is 0.663. The van der Waals surface area contributed by atoms with E-state index in [0.717, 1.165) is 12.0 Å².